The van der Waals surface area contributed by atoms with Gasteiger partial charge in [-0.25, -0.2) is 4.39 Å². The summed E-state index contributed by atoms with van der Waals surface area (Å²) < 4.78 is 23.9. The van der Waals surface area contributed by atoms with Crippen molar-refractivity contribution in [2.75, 3.05) is 12.8 Å². The summed E-state index contributed by atoms with van der Waals surface area (Å²) >= 11 is 5.89. The predicted molar refractivity (Wildman–Crippen MR) is 79.8 cm³/mol. The molecule has 0 saturated carbocycles. The normalized spacial score (nSPS) is 10.3. The molecule has 2 N–H and O–H groups in total. The van der Waals surface area contributed by atoms with Crippen LogP contribution in [0.3, 0.4) is 0 Å². The zero-order valence-electron chi connectivity index (χ0n) is 11.5. The maximum Gasteiger partial charge on any atom is 0.314 e. The maximum absolute atomic E-state index is 13.7. The van der Waals surface area contributed by atoms with Crippen LogP contribution in [0, 0.1) is 15.9 Å². The molecule has 0 fully saturated rings. The smallest absolute Gasteiger partial charge is 0.314 e. The van der Waals surface area contributed by atoms with E-state index in [-0.39, 0.29) is 40.1 Å². The lowest BCUT2D eigenvalue weighted by molar-refractivity contribution is -0.385. The molecule has 2 aromatic rings. The number of ether oxygens (including phenoxy) is 2. The summed E-state index contributed by atoms with van der Waals surface area (Å²) in [6, 6.07) is 6.63. The summed E-state index contributed by atoms with van der Waals surface area (Å²) in [4.78, 5) is 10.4. The van der Waals surface area contributed by atoms with Crippen molar-refractivity contribution in [2.24, 2.45) is 0 Å². The quantitative estimate of drug-likeness (QED) is 0.515. The number of nitro groups is 1. The van der Waals surface area contributed by atoms with Crippen LogP contribution in [0.15, 0.2) is 30.3 Å². The van der Waals surface area contributed by atoms with E-state index >= 15 is 0 Å². The monoisotopic (exact) mass is 326 g/mol. The van der Waals surface area contributed by atoms with Crippen molar-refractivity contribution in [3.63, 3.8) is 0 Å². The molecule has 0 saturated heterocycles. The number of methoxy groups -OCH3 is 1. The van der Waals surface area contributed by atoms with Gasteiger partial charge in [-0.05, 0) is 12.1 Å². The van der Waals surface area contributed by atoms with Crippen LogP contribution in [0.5, 0.6) is 11.5 Å². The second-order valence-corrected chi connectivity index (χ2v) is 4.72. The molecule has 2 aromatic carbocycles. The fourth-order valence-electron chi connectivity index (χ4n) is 1.82. The molecule has 0 radical (unpaired) electrons. The first-order chi connectivity index (χ1) is 10.4. The lowest BCUT2D eigenvalue weighted by atomic mass is 10.2. The first-order valence-electron chi connectivity index (χ1n) is 6.11. The number of nitrogen functional groups attached to an aromatic ring is 1. The molecule has 116 valence electrons. The van der Waals surface area contributed by atoms with Crippen LogP contribution in [-0.2, 0) is 6.61 Å². The van der Waals surface area contributed by atoms with E-state index < -0.39 is 10.7 Å². The zero-order valence-corrected chi connectivity index (χ0v) is 12.3. The lowest BCUT2D eigenvalue weighted by Gasteiger charge is -2.12. The summed E-state index contributed by atoms with van der Waals surface area (Å²) in [5, 5.41) is 11.2. The van der Waals surface area contributed by atoms with E-state index in [4.69, 9.17) is 26.8 Å². The Labute approximate surface area is 130 Å². The van der Waals surface area contributed by atoms with E-state index in [9.17, 15) is 14.5 Å². The molecule has 0 aliphatic carbocycles. The van der Waals surface area contributed by atoms with Crippen LogP contribution < -0.4 is 15.2 Å². The van der Waals surface area contributed by atoms with Crippen LogP contribution in [0.4, 0.5) is 15.8 Å². The van der Waals surface area contributed by atoms with Gasteiger partial charge in [0.2, 0.25) is 0 Å². The number of nitrogens with two attached hydrogens (primary N) is 1. The minimum absolute atomic E-state index is 0.0128. The summed E-state index contributed by atoms with van der Waals surface area (Å²) in [5.41, 5.74) is 5.73. The van der Waals surface area contributed by atoms with Gasteiger partial charge in [0.05, 0.1) is 28.8 Å². The number of nitrogens with zero attached hydrogens (tertiary/aromatic N) is 1. The third-order valence-corrected chi connectivity index (χ3v) is 3.30. The minimum Gasteiger partial charge on any atom is -0.490 e. The number of halogens is 2. The molecular formula is C14H12ClFN2O4. The highest BCUT2D eigenvalue weighted by molar-refractivity contribution is 6.31. The molecule has 22 heavy (non-hydrogen) atoms. The Bertz CT molecular complexity index is 704. The SMILES string of the molecule is COc1cc(N)c(OCc2c(F)cccc2Cl)cc1[N+](=O)[O-]. The van der Waals surface area contributed by atoms with Gasteiger partial charge in [0.15, 0.2) is 5.75 Å². The van der Waals surface area contributed by atoms with E-state index in [1.54, 1.807) is 0 Å². The van der Waals surface area contributed by atoms with Gasteiger partial charge in [0.1, 0.15) is 18.2 Å². The van der Waals surface area contributed by atoms with Crippen molar-refractivity contribution < 1.29 is 18.8 Å². The highest BCUT2D eigenvalue weighted by Gasteiger charge is 2.19. The molecule has 0 aliphatic rings. The fourth-order valence-corrected chi connectivity index (χ4v) is 2.03. The van der Waals surface area contributed by atoms with E-state index in [2.05, 4.69) is 0 Å². The summed E-state index contributed by atoms with van der Waals surface area (Å²) in [7, 11) is 1.29. The number of hydrogen-bond donors (Lipinski definition) is 1. The Hall–Kier alpha value is -2.54. The Morgan fingerprint density at radius 1 is 1.36 bits per heavy atom. The van der Waals surface area contributed by atoms with Crippen LogP contribution >= 0.6 is 11.6 Å². The average molecular weight is 327 g/mol. The van der Waals surface area contributed by atoms with Gasteiger partial charge in [-0.15, -0.1) is 0 Å². The lowest BCUT2D eigenvalue weighted by Crippen LogP contribution is -2.03. The van der Waals surface area contributed by atoms with E-state index in [1.807, 2.05) is 0 Å². The van der Waals surface area contributed by atoms with Gasteiger partial charge in [-0.1, -0.05) is 17.7 Å². The van der Waals surface area contributed by atoms with Crippen LogP contribution in [-0.4, -0.2) is 12.0 Å². The van der Waals surface area contributed by atoms with Gasteiger partial charge < -0.3 is 15.2 Å². The molecule has 8 heteroatoms. The Balaban J connectivity index is 2.30. The Morgan fingerprint density at radius 2 is 2.09 bits per heavy atom. The van der Waals surface area contributed by atoms with Crippen molar-refractivity contribution in [3.8, 4) is 11.5 Å². The number of rotatable bonds is 5. The molecule has 0 unspecified atom stereocenters. The van der Waals surface area contributed by atoms with Crippen LogP contribution in [0.25, 0.3) is 0 Å². The maximum atomic E-state index is 13.7. The molecule has 0 heterocycles. The van der Waals surface area contributed by atoms with Crippen molar-refractivity contribution in [2.45, 2.75) is 6.61 Å². The topological polar surface area (TPSA) is 87.6 Å². The molecule has 0 bridgehead atoms. The highest BCUT2D eigenvalue weighted by Crippen LogP contribution is 2.36. The van der Waals surface area contributed by atoms with Crippen LogP contribution in [0.1, 0.15) is 5.56 Å². The molecule has 0 spiro atoms. The standard InChI is InChI=1S/C14H12ClFN2O4/c1-21-14-5-11(17)13(6-12(14)18(19)20)22-7-8-9(15)3-2-4-10(8)16/h2-6H,7,17H2,1H3. The van der Waals surface area contributed by atoms with E-state index in [1.165, 1.54) is 31.4 Å². The fraction of sp³-hybridized carbons (Fsp3) is 0.143. The number of anilines is 1. The molecule has 0 atom stereocenters. The van der Waals surface area contributed by atoms with Crippen molar-refractivity contribution in [1.82, 2.24) is 0 Å². The summed E-state index contributed by atoms with van der Waals surface area (Å²) in [6.07, 6.45) is 0. The molecule has 0 amide bonds. The number of benzene rings is 2. The van der Waals surface area contributed by atoms with Gasteiger partial charge in [0.25, 0.3) is 0 Å². The summed E-state index contributed by atoms with van der Waals surface area (Å²) in [5.74, 6) is -0.473. The van der Waals surface area contributed by atoms with Gasteiger partial charge >= 0.3 is 5.69 Å². The third-order valence-electron chi connectivity index (χ3n) is 2.94. The molecule has 0 aromatic heterocycles. The highest BCUT2D eigenvalue weighted by atomic mass is 35.5. The second kappa shape index (κ2) is 6.48. The zero-order chi connectivity index (χ0) is 16.3. The Morgan fingerprint density at radius 3 is 2.68 bits per heavy atom. The van der Waals surface area contributed by atoms with Gasteiger partial charge in [-0.2, -0.15) is 0 Å². The van der Waals surface area contributed by atoms with E-state index in [0.717, 1.165) is 6.07 Å². The first-order valence-corrected chi connectivity index (χ1v) is 6.49. The molecule has 0 aliphatic heterocycles. The second-order valence-electron chi connectivity index (χ2n) is 4.31. The van der Waals surface area contributed by atoms with E-state index in [0.29, 0.717) is 0 Å². The van der Waals surface area contributed by atoms with Crippen molar-refractivity contribution in [3.05, 3.63) is 56.8 Å². The predicted octanol–water partition coefficient (Wildman–Crippen LogP) is 3.56. The van der Waals surface area contributed by atoms with Crippen molar-refractivity contribution in [1.29, 1.82) is 0 Å². The number of nitro benzene ring substituents is 1. The third kappa shape index (κ3) is 3.20. The van der Waals surface area contributed by atoms with Crippen molar-refractivity contribution >= 4 is 23.0 Å². The Kier molecular flexibility index (Phi) is 4.67. The molecule has 6 nitrogen and oxygen atoms in total. The largest absolute Gasteiger partial charge is 0.490 e. The van der Waals surface area contributed by atoms with Crippen LogP contribution in [0.2, 0.25) is 5.02 Å². The van der Waals surface area contributed by atoms with Gasteiger partial charge in [-0.3, -0.25) is 10.1 Å². The average Bonchev–Trinajstić information content (AvgIpc) is 2.47. The molecular weight excluding hydrogens is 315 g/mol. The number of hydrogen-bond acceptors (Lipinski definition) is 5. The summed E-state index contributed by atoms with van der Waals surface area (Å²) in [6.45, 7) is -0.209. The van der Waals surface area contributed by atoms with Gasteiger partial charge in [0, 0.05) is 11.6 Å². The first kappa shape index (κ1) is 15.8. The molecule has 2 rings (SSSR count). The minimum atomic E-state index is -0.624.